The first-order valence-electron chi connectivity index (χ1n) is 7.48. The fraction of sp³-hybridized carbons (Fsp3) is 0.211. The van der Waals surface area contributed by atoms with Crippen LogP contribution in [0.2, 0.25) is 5.02 Å². The number of nitrogens with one attached hydrogen (secondary N) is 1. The van der Waals surface area contributed by atoms with Gasteiger partial charge in [0.15, 0.2) is 0 Å². The Hall–Kier alpha value is -2.26. The van der Waals surface area contributed by atoms with E-state index in [0.717, 1.165) is 32.8 Å². The second-order valence-corrected chi connectivity index (χ2v) is 6.25. The summed E-state index contributed by atoms with van der Waals surface area (Å²) in [6, 6.07) is 11.4. The van der Waals surface area contributed by atoms with Gasteiger partial charge in [-0.2, -0.15) is 0 Å². The summed E-state index contributed by atoms with van der Waals surface area (Å²) in [5, 5.41) is 5.00. The van der Waals surface area contributed by atoms with Gasteiger partial charge in [-0.05, 0) is 67.3 Å². The second kappa shape index (κ2) is 6.09. The third kappa shape index (κ3) is 3.25. The molecule has 1 heterocycles. The Kier molecular flexibility index (Phi) is 4.14. The molecule has 0 aliphatic heterocycles. The highest BCUT2D eigenvalue weighted by atomic mass is 35.5. The maximum Gasteiger partial charge on any atom is 0.336 e. The van der Waals surface area contributed by atoms with Gasteiger partial charge in [0, 0.05) is 28.7 Å². The molecule has 3 nitrogen and oxygen atoms in total. The lowest BCUT2D eigenvalue weighted by Gasteiger charge is -2.11. The van der Waals surface area contributed by atoms with Gasteiger partial charge in [-0.15, -0.1) is 0 Å². The van der Waals surface area contributed by atoms with E-state index in [1.54, 1.807) is 6.07 Å². The minimum atomic E-state index is -0.334. The fourth-order valence-corrected chi connectivity index (χ4v) is 2.71. The number of aryl methyl sites for hydroxylation is 3. The minimum absolute atomic E-state index is 0.334. The van der Waals surface area contributed by atoms with Crippen LogP contribution in [0.1, 0.15) is 22.3 Å². The van der Waals surface area contributed by atoms with Gasteiger partial charge in [-0.1, -0.05) is 17.7 Å². The second-order valence-electron chi connectivity index (χ2n) is 5.84. The molecule has 0 radical (unpaired) electrons. The number of hydrogen-bond donors (Lipinski definition) is 1. The highest BCUT2D eigenvalue weighted by Crippen LogP contribution is 2.24. The summed E-state index contributed by atoms with van der Waals surface area (Å²) < 4.78 is 5.32. The summed E-state index contributed by atoms with van der Waals surface area (Å²) in [5.74, 6) is 0. The maximum atomic E-state index is 11.8. The van der Waals surface area contributed by atoms with E-state index in [9.17, 15) is 4.79 Å². The zero-order valence-electron chi connectivity index (χ0n) is 13.4. The van der Waals surface area contributed by atoms with E-state index in [4.69, 9.17) is 16.0 Å². The van der Waals surface area contributed by atoms with Gasteiger partial charge in [-0.25, -0.2) is 4.79 Å². The summed E-state index contributed by atoms with van der Waals surface area (Å²) in [6.45, 7) is 6.56. The van der Waals surface area contributed by atoms with Crippen molar-refractivity contribution < 1.29 is 4.42 Å². The van der Waals surface area contributed by atoms with Gasteiger partial charge in [-0.3, -0.25) is 0 Å². The van der Waals surface area contributed by atoms with Crippen LogP contribution in [0.3, 0.4) is 0 Å². The highest BCUT2D eigenvalue weighted by molar-refractivity contribution is 6.31. The summed E-state index contributed by atoms with van der Waals surface area (Å²) in [7, 11) is 0. The van der Waals surface area contributed by atoms with Crippen LogP contribution in [0.5, 0.6) is 0 Å². The van der Waals surface area contributed by atoms with Gasteiger partial charge in [0.1, 0.15) is 5.58 Å². The molecule has 0 spiro atoms. The van der Waals surface area contributed by atoms with Crippen LogP contribution in [0.15, 0.2) is 45.6 Å². The number of benzene rings is 2. The molecule has 3 rings (SSSR count). The van der Waals surface area contributed by atoms with Gasteiger partial charge in [0.2, 0.25) is 0 Å². The molecular weight excluding hydrogens is 310 g/mol. The van der Waals surface area contributed by atoms with Crippen LogP contribution in [0.4, 0.5) is 5.69 Å². The summed E-state index contributed by atoms with van der Waals surface area (Å²) in [5.41, 5.74) is 5.44. The van der Waals surface area contributed by atoms with E-state index < -0.39 is 0 Å². The van der Waals surface area contributed by atoms with Gasteiger partial charge < -0.3 is 9.73 Å². The van der Waals surface area contributed by atoms with Crippen molar-refractivity contribution in [1.82, 2.24) is 0 Å². The van der Waals surface area contributed by atoms with Crippen LogP contribution in [0, 0.1) is 20.8 Å². The first-order chi connectivity index (χ1) is 10.9. The lowest BCUT2D eigenvalue weighted by atomic mass is 10.0. The number of rotatable bonds is 3. The molecule has 0 saturated carbocycles. The van der Waals surface area contributed by atoms with Crippen LogP contribution >= 0.6 is 11.6 Å². The Morgan fingerprint density at radius 1 is 1.00 bits per heavy atom. The van der Waals surface area contributed by atoms with Crippen molar-refractivity contribution in [3.8, 4) is 0 Å². The van der Waals surface area contributed by atoms with E-state index >= 15 is 0 Å². The van der Waals surface area contributed by atoms with Crippen LogP contribution < -0.4 is 10.9 Å². The minimum Gasteiger partial charge on any atom is -0.423 e. The van der Waals surface area contributed by atoms with Crippen molar-refractivity contribution in [1.29, 1.82) is 0 Å². The maximum absolute atomic E-state index is 11.8. The first kappa shape index (κ1) is 15.6. The van der Waals surface area contributed by atoms with Gasteiger partial charge in [0.25, 0.3) is 0 Å². The predicted octanol–water partition coefficient (Wildman–Crippen LogP) is 4.98. The average Bonchev–Trinajstić information content (AvgIpc) is 2.50. The number of fused-ring (bicyclic) bond motifs is 1. The largest absolute Gasteiger partial charge is 0.423 e. The van der Waals surface area contributed by atoms with Crippen molar-refractivity contribution in [3.05, 3.63) is 74.1 Å². The molecule has 2 aromatic carbocycles. The van der Waals surface area contributed by atoms with E-state index in [-0.39, 0.29) is 5.63 Å². The highest BCUT2D eigenvalue weighted by Gasteiger charge is 2.08. The molecule has 0 atom stereocenters. The fourth-order valence-electron chi connectivity index (χ4n) is 2.53. The van der Waals surface area contributed by atoms with E-state index in [1.807, 2.05) is 38.1 Å². The lowest BCUT2D eigenvalue weighted by molar-refractivity contribution is 0.559. The van der Waals surface area contributed by atoms with Crippen LogP contribution in [-0.2, 0) is 6.54 Å². The zero-order chi connectivity index (χ0) is 16.6. The average molecular weight is 328 g/mol. The number of anilines is 1. The smallest absolute Gasteiger partial charge is 0.336 e. The molecule has 0 bridgehead atoms. The first-order valence-corrected chi connectivity index (χ1v) is 7.86. The quantitative estimate of drug-likeness (QED) is 0.689. The Morgan fingerprint density at radius 2 is 1.74 bits per heavy atom. The van der Waals surface area contributed by atoms with Crippen molar-refractivity contribution in [3.63, 3.8) is 0 Å². The van der Waals surface area contributed by atoms with E-state index in [1.165, 1.54) is 5.56 Å². The zero-order valence-corrected chi connectivity index (χ0v) is 14.1. The molecule has 0 aliphatic rings. The third-order valence-electron chi connectivity index (χ3n) is 4.10. The summed E-state index contributed by atoms with van der Waals surface area (Å²) in [6.07, 6.45) is 0. The molecule has 4 heteroatoms. The van der Waals surface area contributed by atoms with Gasteiger partial charge in [0.05, 0.1) is 0 Å². The Bertz CT molecular complexity index is 944. The van der Waals surface area contributed by atoms with Crippen LogP contribution in [-0.4, -0.2) is 0 Å². The van der Waals surface area contributed by atoms with E-state index in [0.29, 0.717) is 12.1 Å². The molecule has 0 fully saturated rings. The van der Waals surface area contributed by atoms with Crippen molar-refractivity contribution in [2.24, 2.45) is 0 Å². The monoisotopic (exact) mass is 327 g/mol. The Labute approximate surface area is 139 Å². The lowest BCUT2D eigenvalue weighted by Crippen LogP contribution is -2.06. The molecule has 0 aliphatic carbocycles. The van der Waals surface area contributed by atoms with E-state index in [2.05, 4.69) is 18.3 Å². The summed E-state index contributed by atoms with van der Waals surface area (Å²) >= 11 is 6.15. The molecule has 0 amide bonds. The topological polar surface area (TPSA) is 42.2 Å². The normalized spacial score (nSPS) is 11.0. The predicted molar refractivity (Wildman–Crippen MR) is 95.5 cm³/mol. The van der Waals surface area contributed by atoms with Crippen molar-refractivity contribution >= 4 is 28.3 Å². The molecule has 118 valence electrons. The number of halogens is 1. The molecule has 1 aromatic heterocycles. The van der Waals surface area contributed by atoms with Gasteiger partial charge >= 0.3 is 5.63 Å². The SMILES string of the molecule is Cc1cc2oc(=O)cc(CNc3ccc(C)c(Cl)c3)c2cc1C. The Morgan fingerprint density at radius 3 is 2.48 bits per heavy atom. The molecule has 0 unspecified atom stereocenters. The summed E-state index contributed by atoms with van der Waals surface area (Å²) in [4.78, 5) is 11.8. The van der Waals surface area contributed by atoms with Crippen LogP contribution in [0.25, 0.3) is 11.0 Å². The Balaban J connectivity index is 1.97. The molecule has 3 aromatic rings. The molecule has 23 heavy (non-hydrogen) atoms. The third-order valence-corrected chi connectivity index (χ3v) is 4.51. The molecular formula is C19H18ClNO2. The van der Waals surface area contributed by atoms with Crippen molar-refractivity contribution in [2.75, 3.05) is 5.32 Å². The van der Waals surface area contributed by atoms with Crippen molar-refractivity contribution in [2.45, 2.75) is 27.3 Å². The molecule has 1 N–H and O–H groups in total. The molecule has 0 saturated heterocycles. The standard InChI is InChI=1S/C19H18ClNO2/c1-11-4-5-15(9-17(11)20)21-10-14-8-19(22)23-18-7-13(3)12(2)6-16(14)18/h4-9,21H,10H2,1-3H3. The number of hydrogen-bond acceptors (Lipinski definition) is 3.